The van der Waals surface area contributed by atoms with E-state index < -0.39 is 0 Å². The molecule has 9 nitrogen and oxygen atoms in total. The van der Waals surface area contributed by atoms with Crippen LogP contribution in [-0.4, -0.2) is 47.4 Å². The van der Waals surface area contributed by atoms with E-state index in [1.165, 1.54) is 11.3 Å². The highest BCUT2D eigenvalue weighted by atomic mass is 32.1. The lowest BCUT2D eigenvalue weighted by Crippen LogP contribution is -2.38. The largest absolute Gasteiger partial charge is 0.396 e. The summed E-state index contributed by atoms with van der Waals surface area (Å²) in [5, 5.41) is 12.1. The number of nitrogens with zero attached hydrogens (tertiary/aromatic N) is 3. The Kier molecular flexibility index (Phi) is 8.12. The molecule has 3 heterocycles. The number of carbonyl (C=O) groups excluding carboxylic acids is 2. The van der Waals surface area contributed by atoms with Gasteiger partial charge in [0.2, 0.25) is 0 Å². The second kappa shape index (κ2) is 11.2. The van der Waals surface area contributed by atoms with Gasteiger partial charge in [0.15, 0.2) is 0 Å². The predicted octanol–water partition coefficient (Wildman–Crippen LogP) is 2.86. The fraction of sp³-hybridized carbons (Fsp3) is 0.273. The number of nitrogens with one attached hydrogen (secondary N) is 3. The number of carbonyl (C=O) groups is 2. The van der Waals surface area contributed by atoms with Crippen LogP contribution < -0.4 is 21.7 Å². The zero-order chi connectivity index (χ0) is 22.9. The third-order valence-electron chi connectivity index (χ3n) is 4.73. The van der Waals surface area contributed by atoms with Gasteiger partial charge in [-0.2, -0.15) is 0 Å². The number of hydrogen-bond acceptors (Lipinski definition) is 7. The number of amides is 3. The van der Waals surface area contributed by atoms with Crippen LogP contribution in [0, 0.1) is 0 Å². The first kappa shape index (κ1) is 23.2. The molecule has 3 amide bonds. The molecule has 0 saturated heterocycles. The molecule has 0 bridgehead atoms. The monoisotopic (exact) mass is 453 g/mol. The molecule has 3 rings (SSSR count). The fourth-order valence-corrected chi connectivity index (χ4v) is 3.62. The van der Waals surface area contributed by atoms with Crippen molar-refractivity contribution in [2.75, 3.05) is 31.7 Å². The van der Waals surface area contributed by atoms with Crippen molar-refractivity contribution in [2.24, 2.45) is 0 Å². The van der Waals surface area contributed by atoms with E-state index in [-0.39, 0.29) is 23.7 Å². The van der Waals surface area contributed by atoms with E-state index in [2.05, 4.69) is 25.9 Å². The highest BCUT2D eigenvalue weighted by molar-refractivity contribution is 7.09. The molecule has 1 unspecified atom stereocenters. The summed E-state index contributed by atoms with van der Waals surface area (Å²) in [6.45, 7) is 1.17. The minimum absolute atomic E-state index is 0.257. The molecular weight excluding hydrogens is 426 g/mol. The van der Waals surface area contributed by atoms with Gasteiger partial charge >= 0.3 is 6.03 Å². The van der Waals surface area contributed by atoms with Gasteiger partial charge in [-0.3, -0.25) is 14.8 Å². The predicted molar refractivity (Wildman–Crippen MR) is 126 cm³/mol. The van der Waals surface area contributed by atoms with E-state index in [4.69, 9.17) is 5.73 Å². The lowest BCUT2D eigenvalue weighted by atomic mass is 10.1. The molecule has 1 atom stereocenters. The SMILES string of the molecule is CN(C)CCC(NC(=O)NCc1ccncc1)c1ccc(C(=O)Nc2cscc2N)nc1. The van der Waals surface area contributed by atoms with Crippen molar-refractivity contribution < 1.29 is 9.59 Å². The van der Waals surface area contributed by atoms with Crippen LogP contribution in [0.1, 0.15) is 34.1 Å². The first-order valence-corrected chi connectivity index (χ1v) is 11.0. The Balaban J connectivity index is 1.64. The van der Waals surface area contributed by atoms with Crippen LogP contribution in [0.2, 0.25) is 0 Å². The van der Waals surface area contributed by atoms with Crippen molar-refractivity contribution in [3.63, 3.8) is 0 Å². The van der Waals surface area contributed by atoms with Crippen LogP contribution in [0.15, 0.2) is 53.6 Å². The molecule has 0 radical (unpaired) electrons. The van der Waals surface area contributed by atoms with E-state index in [0.29, 0.717) is 24.3 Å². The molecular formula is C22H27N7O2S. The molecule has 0 aromatic carbocycles. The van der Waals surface area contributed by atoms with Gasteiger partial charge < -0.3 is 26.6 Å². The normalized spacial score (nSPS) is 11.7. The van der Waals surface area contributed by atoms with Crippen LogP contribution in [0.5, 0.6) is 0 Å². The molecule has 168 valence electrons. The van der Waals surface area contributed by atoms with Crippen LogP contribution in [0.3, 0.4) is 0 Å². The maximum absolute atomic E-state index is 12.5. The number of urea groups is 1. The van der Waals surface area contributed by atoms with Gasteiger partial charge in [0.25, 0.3) is 5.91 Å². The second-order valence-electron chi connectivity index (χ2n) is 7.50. The number of hydrogen-bond donors (Lipinski definition) is 4. The molecule has 3 aromatic heterocycles. The maximum Gasteiger partial charge on any atom is 0.315 e. The Labute approximate surface area is 191 Å². The van der Waals surface area contributed by atoms with Crippen LogP contribution >= 0.6 is 11.3 Å². The number of pyridine rings is 2. The zero-order valence-electron chi connectivity index (χ0n) is 18.0. The highest BCUT2D eigenvalue weighted by Gasteiger charge is 2.17. The molecule has 0 spiro atoms. The van der Waals surface area contributed by atoms with E-state index in [0.717, 1.165) is 17.7 Å². The van der Waals surface area contributed by atoms with Gasteiger partial charge in [-0.05, 0) is 56.4 Å². The van der Waals surface area contributed by atoms with Crippen molar-refractivity contribution in [3.8, 4) is 0 Å². The average Bonchev–Trinajstić information content (AvgIpc) is 3.20. The quantitative estimate of drug-likeness (QED) is 0.395. The maximum atomic E-state index is 12.5. The van der Waals surface area contributed by atoms with Gasteiger partial charge in [-0.15, -0.1) is 11.3 Å². The van der Waals surface area contributed by atoms with Gasteiger partial charge in [0, 0.05) is 35.9 Å². The van der Waals surface area contributed by atoms with Gasteiger partial charge in [-0.1, -0.05) is 6.07 Å². The Morgan fingerprint density at radius 2 is 1.94 bits per heavy atom. The molecule has 5 N–H and O–H groups in total. The Bertz CT molecular complexity index is 1020. The number of nitrogens with two attached hydrogens (primary N) is 1. The summed E-state index contributed by atoms with van der Waals surface area (Å²) in [5.74, 6) is -0.338. The van der Waals surface area contributed by atoms with Crippen molar-refractivity contribution in [2.45, 2.75) is 19.0 Å². The fourth-order valence-electron chi connectivity index (χ4n) is 2.94. The number of thiophene rings is 1. The first-order valence-electron chi connectivity index (χ1n) is 10.1. The second-order valence-corrected chi connectivity index (χ2v) is 8.24. The summed E-state index contributed by atoms with van der Waals surface area (Å²) < 4.78 is 0. The lowest BCUT2D eigenvalue weighted by molar-refractivity contribution is 0.102. The molecule has 0 aliphatic rings. The Hall–Kier alpha value is -3.50. The lowest BCUT2D eigenvalue weighted by Gasteiger charge is -2.21. The summed E-state index contributed by atoms with van der Waals surface area (Å²) in [4.78, 5) is 35.2. The number of aromatic nitrogens is 2. The van der Waals surface area contributed by atoms with Crippen molar-refractivity contribution in [1.82, 2.24) is 25.5 Å². The van der Waals surface area contributed by atoms with E-state index >= 15 is 0 Å². The molecule has 0 aliphatic carbocycles. The Morgan fingerprint density at radius 1 is 1.16 bits per heavy atom. The van der Waals surface area contributed by atoms with Crippen LogP contribution in [0.25, 0.3) is 0 Å². The van der Waals surface area contributed by atoms with Gasteiger partial charge in [0.05, 0.1) is 17.4 Å². The van der Waals surface area contributed by atoms with Gasteiger partial charge in [-0.25, -0.2) is 4.79 Å². The number of nitrogen functional groups attached to an aromatic ring is 1. The summed E-state index contributed by atoms with van der Waals surface area (Å²) in [6, 6.07) is 6.62. The molecule has 0 saturated carbocycles. The smallest absolute Gasteiger partial charge is 0.315 e. The first-order chi connectivity index (χ1) is 15.4. The highest BCUT2D eigenvalue weighted by Crippen LogP contribution is 2.23. The minimum atomic E-state index is -0.338. The Morgan fingerprint density at radius 3 is 2.56 bits per heavy atom. The molecule has 32 heavy (non-hydrogen) atoms. The van der Waals surface area contributed by atoms with Crippen molar-refractivity contribution >= 4 is 34.6 Å². The van der Waals surface area contributed by atoms with E-state index in [1.807, 2.05) is 37.2 Å². The van der Waals surface area contributed by atoms with E-state index in [9.17, 15) is 9.59 Å². The minimum Gasteiger partial charge on any atom is -0.396 e. The third kappa shape index (κ3) is 6.76. The van der Waals surface area contributed by atoms with Crippen molar-refractivity contribution in [1.29, 1.82) is 0 Å². The third-order valence-corrected chi connectivity index (χ3v) is 5.50. The van der Waals surface area contributed by atoms with Crippen molar-refractivity contribution in [3.05, 3.63) is 70.4 Å². The molecule has 3 aromatic rings. The molecule has 0 aliphatic heterocycles. The molecule has 0 fully saturated rings. The summed E-state index contributed by atoms with van der Waals surface area (Å²) in [7, 11) is 3.95. The van der Waals surface area contributed by atoms with E-state index in [1.54, 1.807) is 35.4 Å². The summed E-state index contributed by atoms with van der Waals surface area (Å²) >= 11 is 1.41. The average molecular weight is 454 g/mol. The number of anilines is 2. The standard InChI is InChI=1S/C22H27N7O2S/c1-29(2)10-7-18(28-22(31)26-11-15-5-8-24-9-6-15)16-3-4-19(25-12-16)21(30)27-20-14-32-13-17(20)23/h3-6,8-9,12-14,18H,7,10-11,23H2,1-2H3,(H,27,30)(H2,26,28,31). The summed E-state index contributed by atoms with van der Waals surface area (Å²) in [5.41, 5.74) is 8.96. The van der Waals surface area contributed by atoms with Crippen LogP contribution in [0.4, 0.5) is 16.2 Å². The molecule has 10 heteroatoms. The summed E-state index contributed by atoms with van der Waals surface area (Å²) in [6.07, 6.45) is 5.68. The zero-order valence-corrected chi connectivity index (χ0v) is 18.9. The number of rotatable bonds is 9. The van der Waals surface area contributed by atoms with Crippen LogP contribution in [-0.2, 0) is 6.54 Å². The van der Waals surface area contributed by atoms with Gasteiger partial charge in [0.1, 0.15) is 5.69 Å². The topological polar surface area (TPSA) is 125 Å².